The first-order valence-corrected chi connectivity index (χ1v) is 16.8. The van der Waals surface area contributed by atoms with E-state index < -0.39 is 41.7 Å². The minimum absolute atomic E-state index is 0.0382. The van der Waals surface area contributed by atoms with Crippen LogP contribution in [0.15, 0.2) is 0 Å². The Morgan fingerprint density at radius 2 is 1.48 bits per heavy atom. The van der Waals surface area contributed by atoms with Gasteiger partial charge < -0.3 is 33.5 Å². The summed E-state index contributed by atoms with van der Waals surface area (Å²) in [6, 6.07) is 0. The SMILES string of the molecule is CC.CC#CC.CO[C@@H]1CCO[C@@H](C)[C@@H]1O.CO[C@H]1[C@H](C)C[C@@H](C)C[C@@]2(CO2)C(=O)[C@H](C)C(OC(C)=O)[C@@H](C)[C@@H](C)OC(=O)[C@@H]1C. The lowest BCUT2D eigenvalue weighted by Crippen LogP contribution is -2.46. The van der Waals surface area contributed by atoms with Gasteiger partial charge in [0.2, 0.25) is 0 Å². The maximum Gasteiger partial charge on any atom is 0.311 e. The molecule has 0 amide bonds. The third kappa shape index (κ3) is 13.2. The number of carbonyl (C=O) groups excluding carboxylic acids is 3. The molecule has 1 unspecified atom stereocenters. The van der Waals surface area contributed by atoms with Crippen LogP contribution >= 0.6 is 0 Å². The number of Topliss-reactive ketones (excluding diaryl/α,β-unsaturated/α-hetero) is 1. The molecule has 3 aliphatic rings. The van der Waals surface area contributed by atoms with E-state index in [1.54, 1.807) is 28.1 Å². The Hall–Kier alpha value is -2.03. The first-order valence-electron chi connectivity index (χ1n) is 16.8. The Labute approximate surface area is 278 Å². The van der Waals surface area contributed by atoms with E-state index in [4.69, 9.17) is 28.4 Å². The molecule has 1 spiro atoms. The van der Waals surface area contributed by atoms with Crippen LogP contribution < -0.4 is 0 Å². The van der Waals surface area contributed by atoms with Crippen molar-refractivity contribution in [2.24, 2.45) is 29.6 Å². The standard InChI is InChI=1S/C23H38O7.C7H14O3.C4H6.C2H6/c1-12-9-13(2)19(27-8)16(5)22(26)29-17(6)14(3)20(30-18(7)24)15(4)21(25)23(10-12)11-28-23;1-5-7(8)6(9-2)3-4-10-5;1-3-4-2;1-2/h12-17,19-20H,9-11H2,1-8H3;5-8H,3-4H2,1-2H3;1-2H3;1-2H3/t12-,13-,14+,15-,16-,17-,19+,20?,23-;5-,6+,7-;;/m10../s1. The fraction of sp³-hybridized carbons (Fsp3) is 0.861. The highest BCUT2D eigenvalue weighted by atomic mass is 16.6. The number of rotatable bonds is 3. The molecule has 10 nitrogen and oxygen atoms in total. The summed E-state index contributed by atoms with van der Waals surface area (Å²) in [7, 11) is 3.23. The first kappa shape index (κ1) is 44.0. The quantitative estimate of drug-likeness (QED) is 0.239. The lowest BCUT2D eigenvalue weighted by Gasteiger charge is -2.35. The van der Waals surface area contributed by atoms with Gasteiger partial charge in [-0.3, -0.25) is 14.4 Å². The molecule has 0 radical (unpaired) electrons. The summed E-state index contributed by atoms with van der Waals surface area (Å²) < 4.78 is 32.9. The fourth-order valence-electron chi connectivity index (χ4n) is 6.21. The van der Waals surface area contributed by atoms with Crippen molar-refractivity contribution in [3.63, 3.8) is 0 Å². The van der Waals surface area contributed by atoms with Gasteiger partial charge in [-0.05, 0) is 65.7 Å². The second-order valence-corrected chi connectivity index (χ2v) is 12.7. The Bertz CT molecular complexity index is 962. The number of methoxy groups -OCH3 is 2. The molecule has 3 heterocycles. The molecule has 0 aromatic rings. The van der Waals surface area contributed by atoms with Crippen molar-refractivity contribution in [2.45, 2.75) is 145 Å². The zero-order valence-electron chi connectivity index (χ0n) is 31.0. The van der Waals surface area contributed by atoms with Gasteiger partial charge in [-0.15, -0.1) is 11.8 Å². The van der Waals surface area contributed by atoms with Crippen LogP contribution in [0.1, 0.15) is 102 Å². The Morgan fingerprint density at radius 3 is 1.91 bits per heavy atom. The van der Waals surface area contributed by atoms with Gasteiger partial charge >= 0.3 is 11.9 Å². The lowest BCUT2D eigenvalue weighted by molar-refractivity contribution is -0.169. The third-order valence-corrected chi connectivity index (χ3v) is 9.06. The van der Waals surface area contributed by atoms with Gasteiger partial charge in [0.15, 0.2) is 11.4 Å². The molecule has 1 N–H and O–H groups in total. The van der Waals surface area contributed by atoms with Gasteiger partial charge in [0.1, 0.15) is 18.3 Å². The van der Waals surface area contributed by atoms with E-state index in [2.05, 4.69) is 25.7 Å². The summed E-state index contributed by atoms with van der Waals surface area (Å²) >= 11 is 0. The second-order valence-electron chi connectivity index (χ2n) is 12.7. The molecule has 3 saturated heterocycles. The molecule has 3 aliphatic heterocycles. The van der Waals surface area contributed by atoms with Crippen LogP contribution in [-0.2, 0) is 42.8 Å². The second kappa shape index (κ2) is 21.8. The monoisotopic (exact) mass is 656 g/mol. The molecular formula is C36H64O10. The molecule has 3 fully saturated rings. The van der Waals surface area contributed by atoms with E-state index in [0.717, 1.165) is 12.8 Å². The fourth-order valence-corrected chi connectivity index (χ4v) is 6.21. The van der Waals surface area contributed by atoms with Gasteiger partial charge in [0.25, 0.3) is 0 Å². The predicted octanol–water partition coefficient (Wildman–Crippen LogP) is 5.40. The number of hydrogen-bond donors (Lipinski definition) is 1. The Kier molecular flexibility index (Phi) is 20.8. The van der Waals surface area contributed by atoms with Crippen LogP contribution in [-0.4, -0.2) is 92.5 Å². The number of cyclic esters (lactones) is 1. The minimum atomic E-state index is -0.811. The van der Waals surface area contributed by atoms with Crippen LogP contribution in [0, 0.1) is 41.4 Å². The van der Waals surface area contributed by atoms with Gasteiger partial charge in [-0.2, -0.15) is 0 Å². The van der Waals surface area contributed by atoms with Crippen LogP contribution in [0.3, 0.4) is 0 Å². The molecule has 12 atom stereocenters. The molecule has 0 aromatic carbocycles. The summed E-state index contributed by atoms with van der Waals surface area (Å²) in [5.74, 6) is 3.45. The number of carbonyl (C=O) groups is 3. The summed E-state index contributed by atoms with van der Waals surface area (Å²) in [6.07, 6.45) is 0.0768. The minimum Gasteiger partial charge on any atom is -0.462 e. The lowest BCUT2D eigenvalue weighted by atomic mass is 9.77. The van der Waals surface area contributed by atoms with Gasteiger partial charge in [-0.1, -0.05) is 41.5 Å². The highest BCUT2D eigenvalue weighted by molar-refractivity contribution is 5.92. The maximum atomic E-state index is 13.4. The number of hydrogen-bond acceptors (Lipinski definition) is 10. The van der Waals surface area contributed by atoms with E-state index in [9.17, 15) is 19.5 Å². The van der Waals surface area contributed by atoms with Crippen molar-refractivity contribution in [3.8, 4) is 11.8 Å². The van der Waals surface area contributed by atoms with Crippen LogP contribution in [0.25, 0.3) is 0 Å². The van der Waals surface area contributed by atoms with E-state index in [-0.39, 0.29) is 47.8 Å². The van der Waals surface area contributed by atoms with E-state index >= 15 is 0 Å². The summed E-state index contributed by atoms with van der Waals surface area (Å²) in [4.78, 5) is 38.0. The summed E-state index contributed by atoms with van der Waals surface area (Å²) in [5, 5.41) is 9.39. The van der Waals surface area contributed by atoms with Crippen molar-refractivity contribution in [1.82, 2.24) is 0 Å². The van der Waals surface area contributed by atoms with Crippen LogP contribution in [0.4, 0.5) is 0 Å². The smallest absolute Gasteiger partial charge is 0.311 e. The first-order chi connectivity index (χ1) is 21.6. The number of aliphatic hydroxyl groups is 1. The highest BCUT2D eigenvalue weighted by Gasteiger charge is 2.56. The molecule has 0 bridgehead atoms. The number of ether oxygens (including phenoxy) is 6. The number of epoxide rings is 1. The van der Waals surface area contributed by atoms with E-state index in [1.165, 1.54) is 6.92 Å². The van der Waals surface area contributed by atoms with Crippen LogP contribution in [0.2, 0.25) is 0 Å². The molecule has 268 valence electrons. The molecule has 46 heavy (non-hydrogen) atoms. The van der Waals surface area contributed by atoms with Crippen molar-refractivity contribution in [2.75, 3.05) is 27.4 Å². The number of ketones is 1. The van der Waals surface area contributed by atoms with Crippen LogP contribution in [0.5, 0.6) is 0 Å². The third-order valence-electron chi connectivity index (χ3n) is 9.06. The van der Waals surface area contributed by atoms with Crippen molar-refractivity contribution in [1.29, 1.82) is 0 Å². The maximum absolute atomic E-state index is 13.4. The molecule has 0 aromatic heterocycles. The largest absolute Gasteiger partial charge is 0.462 e. The molecule has 0 aliphatic carbocycles. The van der Waals surface area contributed by atoms with Crippen molar-refractivity contribution < 1.29 is 47.9 Å². The molecule has 3 rings (SSSR count). The topological polar surface area (TPSA) is 130 Å². The predicted molar refractivity (Wildman–Crippen MR) is 178 cm³/mol. The molecule has 10 heteroatoms. The van der Waals surface area contributed by atoms with Gasteiger partial charge in [-0.25, -0.2) is 0 Å². The average Bonchev–Trinajstić information content (AvgIpc) is 3.81. The summed E-state index contributed by atoms with van der Waals surface area (Å²) in [6.45, 7) is 23.3. The van der Waals surface area contributed by atoms with Gasteiger partial charge in [0.05, 0.1) is 36.8 Å². The Morgan fingerprint density at radius 1 is 0.913 bits per heavy atom. The summed E-state index contributed by atoms with van der Waals surface area (Å²) in [5.41, 5.74) is -0.811. The van der Waals surface area contributed by atoms with Gasteiger partial charge in [0, 0.05) is 33.7 Å². The van der Waals surface area contributed by atoms with Crippen molar-refractivity contribution in [3.05, 3.63) is 0 Å². The molecular weight excluding hydrogens is 592 g/mol. The molecule has 0 saturated carbocycles. The Balaban J connectivity index is 0.00000104. The number of esters is 2. The number of aliphatic hydroxyl groups excluding tert-OH is 1. The average molecular weight is 657 g/mol. The van der Waals surface area contributed by atoms with E-state index in [1.807, 2.05) is 48.5 Å². The zero-order valence-corrected chi connectivity index (χ0v) is 31.0. The zero-order chi connectivity index (χ0) is 35.8. The van der Waals surface area contributed by atoms with E-state index in [0.29, 0.717) is 19.6 Å². The van der Waals surface area contributed by atoms with Crippen molar-refractivity contribution >= 4 is 17.7 Å². The highest BCUT2D eigenvalue weighted by Crippen LogP contribution is 2.41. The normalized spacial score (nSPS) is 37.9.